The van der Waals surface area contributed by atoms with E-state index in [9.17, 15) is 4.79 Å². The first-order chi connectivity index (χ1) is 7.65. The molecular weight excluding hydrogens is 200 g/mol. The Morgan fingerprint density at radius 2 is 2.12 bits per heavy atom. The number of rotatable bonds is 5. The Labute approximate surface area is 96.4 Å². The minimum absolute atomic E-state index is 0.129. The molecule has 0 aromatic carbocycles. The fourth-order valence-corrected chi connectivity index (χ4v) is 1.54. The van der Waals surface area contributed by atoms with E-state index < -0.39 is 0 Å². The molecule has 0 aliphatic heterocycles. The minimum Gasteiger partial charge on any atom is -0.384 e. The second-order valence-electron chi connectivity index (χ2n) is 3.74. The largest absolute Gasteiger partial charge is 0.384 e. The van der Waals surface area contributed by atoms with Gasteiger partial charge >= 0.3 is 0 Å². The number of aromatic nitrogens is 1. The molecule has 0 fully saturated rings. The molecule has 0 saturated carbocycles. The van der Waals surface area contributed by atoms with Crippen LogP contribution in [0.15, 0.2) is 30.0 Å². The van der Waals surface area contributed by atoms with Crippen molar-refractivity contribution in [2.24, 2.45) is 0 Å². The molecule has 0 saturated heterocycles. The van der Waals surface area contributed by atoms with E-state index in [0.717, 1.165) is 18.4 Å². The first-order valence-electron chi connectivity index (χ1n) is 5.58. The van der Waals surface area contributed by atoms with Gasteiger partial charge < -0.3 is 5.73 Å². The van der Waals surface area contributed by atoms with Crippen LogP contribution in [0.3, 0.4) is 0 Å². The van der Waals surface area contributed by atoms with E-state index in [1.807, 2.05) is 6.07 Å². The molecule has 2 N–H and O–H groups in total. The van der Waals surface area contributed by atoms with Crippen molar-refractivity contribution in [3.05, 3.63) is 35.5 Å². The number of carbonyl (C=O) groups is 1. The van der Waals surface area contributed by atoms with Gasteiger partial charge in [-0.1, -0.05) is 19.4 Å². The number of anilines is 1. The maximum absolute atomic E-state index is 11.7. The van der Waals surface area contributed by atoms with Gasteiger partial charge in [-0.25, -0.2) is 4.98 Å². The summed E-state index contributed by atoms with van der Waals surface area (Å²) in [7, 11) is 0. The molecule has 1 aromatic rings. The van der Waals surface area contributed by atoms with E-state index >= 15 is 0 Å². The molecule has 86 valence electrons. The lowest BCUT2D eigenvalue weighted by Crippen LogP contribution is -2.01. The van der Waals surface area contributed by atoms with Crippen molar-refractivity contribution in [2.75, 3.05) is 5.73 Å². The van der Waals surface area contributed by atoms with E-state index in [-0.39, 0.29) is 5.78 Å². The van der Waals surface area contributed by atoms with Crippen molar-refractivity contribution in [2.45, 2.75) is 33.1 Å². The highest BCUT2D eigenvalue weighted by atomic mass is 16.1. The van der Waals surface area contributed by atoms with Gasteiger partial charge in [-0.05, 0) is 36.6 Å². The molecule has 1 aromatic heterocycles. The Bertz CT molecular complexity index is 391. The maximum atomic E-state index is 11.7. The molecule has 0 aliphatic carbocycles. The second-order valence-corrected chi connectivity index (χ2v) is 3.74. The van der Waals surface area contributed by atoms with Crippen LogP contribution in [0.25, 0.3) is 0 Å². The fraction of sp³-hybridized carbons (Fsp3) is 0.385. The predicted molar refractivity (Wildman–Crippen MR) is 66.0 cm³/mol. The first kappa shape index (κ1) is 12.4. The van der Waals surface area contributed by atoms with Gasteiger partial charge in [0.25, 0.3) is 0 Å². The number of pyridine rings is 1. The maximum Gasteiger partial charge on any atom is 0.160 e. The summed E-state index contributed by atoms with van der Waals surface area (Å²) >= 11 is 0. The lowest BCUT2D eigenvalue weighted by molar-refractivity contribution is -0.114. The van der Waals surface area contributed by atoms with E-state index in [0.29, 0.717) is 12.2 Å². The zero-order valence-corrected chi connectivity index (χ0v) is 9.86. The van der Waals surface area contributed by atoms with Gasteiger partial charge in [0.15, 0.2) is 5.78 Å². The summed E-state index contributed by atoms with van der Waals surface area (Å²) in [5.74, 6) is 0.588. The van der Waals surface area contributed by atoms with Crippen LogP contribution in [0.1, 0.15) is 32.3 Å². The van der Waals surface area contributed by atoms with E-state index in [1.54, 1.807) is 18.3 Å². The molecular formula is C13H18N2O. The number of allylic oxidation sites excluding steroid dienone is 2. The van der Waals surface area contributed by atoms with Gasteiger partial charge in [0.2, 0.25) is 0 Å². The van der Waals surface area contributed by atoms with Crippen molar-refractivity contribution in [3.63, 3.8) is 0 Å². The third-order valence-electron chi connectivity index (χ3n) is 2.50. The van der Waals surface area contributed by atoms with Gasteiger partial charge in [-0.15, -0.1) is 0 Å². The minimum atomic E-state index is 0.129. The fourth-order valence-electron chi connectivity index (χ4n) is 1.54. The summed E-state index contributed by atoms with van der Waals surface area (Å²) in [4.78, 5) is 15.6. The molecule has 0 amide bonds. The summed E-state index contributed by atoms with van der Waals surface area (Å²) in [5, 5.41) is 0. The van der Waals surface area contributed by atoms with Gasteiger partial charge in [-0.2, -0.15) is 0 Å². The van der Waals surface area contributed by atoms with E-state index in [4.69, 9.17) is 5.73 Å². The molecule has 0 spiro atoms. The molecule has 0 aliphatic rings. The van der Waals surface area contributed by atoms with Crippen LogP contribution >= 0.6 is 0 Å². The SMILES string of the molecule is CCC(=CC(=O)Cc1ccnc(N)c1)CC. The lowest BCUT2D eigenvalue weighted by Gasteiger charge is -2.01. The van der Waals surface area contributed by atoms with Gasteiger partial charge in [0, 0.05) is 12.6 Å². The Morgan fingerprint density at radius 3 is 2.69 bits per heavy atom. The van der Waals surface area contributed by atoms with Crippen molar-refractivity contribution in [3.8, 4) is 0 Å². The summed E-state index contributed by atoms with van der Waals surface area (Å²) in [6.07, 6.45) is 5.64. The third kappa shape index (κ3) is 3.85. The number of nitrogens with zero attached hydrogens (tertiary/aromatic N) is 1. The first-order valence-corrected chi connectivity index (χ1v) is 5.58. The van der Waals surface area contributed by atoms with Gasteiger partial charge in [-0.3, -0.25) is 4.79 Å². The highest BCUT2D eigenvalue weighted by Crippen LogP contribution is 2.09. The predicted octanol–water partition coefficient (Wildman–Crippen LogP) is 2.52. The smallest absolute Gasteiger partial charge is 0.160 e. The van der Waals surface area contributed by atoms with Crippen LogP contribution in [0.5, 0.6) is 0 Å². The van der Waals surface area contributed by atoms with Crippen LogP contribution in [-0.4, -0.2) is 10.8 Å². The Hall–Kier alpha value is -1.64. The van der Waals surface area contributed by atoms with Crippen LogP contribution in [0.4, 0.5) is 5.82 Å². The quantitative estimate of drug-likeness (QED) is 0.772. The summed E-state index contributed by atoms with van der Waals surface area (Å²) in [5.41, 5.74) is 7.65. The third-order valence-corrected chi connectivity index (χ3v) is 2.50. The van der Waals surface area contributed by atoms with Gasteiger partial charge in [0.05, 0.1) is 0 Å². The number of hydrogen-bond acceptors (Lipinski definition) is 3. The summed E-state index contributed by atoms with van der Waals surface area (Å²) in [6, 6.07) is 3.56. The molecule has 3 nitrogen and oxygen atoms in total. The number of carbonyl (C=O) groups excluding carboxylic acids is 1. The number of ketones is 1. The Morgan fingerprint density at radius 1 is 1.44 bits per heavy atom. The van der Waals surface area contributed by atoms with Crippen LogP contribution in [0.2, 0.25) is 0 Å². The van der Waals surface area contributed by atoms with Gasteiger partial charge in [0.1, 0.15) is 5.82 Å². The molecule has 0 bridgehead atoms. The van der Waals surface area contributed by atoms with Crippen LogP contribution < -0.4 is 5.73 Å². The molecule has 3 heteroatoms. The molecule has 0 radical (unpaired) electrons. The highest BCUT2D eigenvalue weighted by molar-refractivity contribution is 5.92. The average molecular weight is 218 g/mol. The topological polar surface area (TPSA) is 56.0 Å². The second kappa shape index (κ2) is 6.05. The lowest BCUT2D eigenvalue weighted by atomic mass is 10.1. The zero-order valence-electron chi connectivity index (χ0n) is 9.86. The van der Waals surface area contributed by atoms with Crippen molar-refractivity contribution in [1.29, 1.82) is 0 Å². The molecule has 0 atom stereocenters. The Kier molecular flexibility index (Phi) is 4.70. The molecule has 0 unspecified atom stereocenters. The summed E-state index contributed by atoms with van der Waals surface area (Å²) < 4.78 is 0. The van der Waals surface area contributed by atoms with Crippen molar-refractivity contribution in [1.82, 2.24) is 4.98 Å². The highest BCUT2D eigenvalue weighted by Gasteiger charge is 2.02. The summed E-state index contributed by atoms with van der Waals surface area (Å²) in [6.45, 7) is 4.13. The van der Waals surface area contributed by atoms with Crippen molar-refractivity contribution >= 4 is 11.6 Å². The normalized spacial score (nSPS) is 9.88. The Balaban J connectivity index is 2.68. The average Bonchev–Trinajstić information content (AvgIpc) is 2.26. The monoisotopic (exact) mass is 218 g/mol. The number of hydrogen-bond donors (Lipinski definition) is 1. The molecule has 1 heterocycles. The number of nitrogens with two attached hydrogens (primary N) is 1. The zero-order chi connectivity index (χ0) is 12.0. The van der Waals surface area contributed by atoms with E-state index in [1.165, 1.54) is 5.57 Å². The molecule has 1 rings (SSSR count). The van der Waals surface area contributed by atoms with Crippen molar-refractivity contribution < 1.29 is 4.79 Å². The standard InChI is InChI=1S/C13H18N2O/c1-3-10(4-2)7-12(16)8-11-5-6-15-13(14)9-11/h5-7,9H,3-4,8H2,1-2H3,(H2,14,15). The van der Waals surface area contributed by atoms with E-state index in [2.05, 4.69) is 18.8 Å². The molecule has 16 heavy (non-hydrogen) atoms. The van der Waals surface area contributed by atoms with Crippen LogP contribution in [0, 0.1) is 0 Å². The number of nitrogen functional groups attached to an aromatic ring is 1. The van der Waals surface area contributed by atoms with Crippen LogP contribution in [-0.2, 0) is 11.2 Å².